The lowest BCUT2D eigenvalue weighted by Crippen LogP contribution is -2.63. The number of fused-ring (bicyclic) bond motifs is 5. The average molecular weight is 539 g/mol. The van der Waals surface area contributed by atoms with E-state index < -0.39 is 70.4 Å². The Hall–Kier alpha value is -1.36. The summed E-state index contributed by atoms with van der Waals surface area (Å²) in [7, 11) is 0. The zero-order valence-electron chi connectivity index (χ0n) is 23.3. The van der Waals surface area contributed by atoms with Gasteiger partial charge in [-0.2, -0.15) is 0 Å². The molecule has 0 aromatic carbocycles. The molecule has 0 radical (unpaired) electrons. The predicted molar refractivity (Wildman–Crippen MR) is 138 cm³/mol. The first-order valence-corrected chi connectivity index (χ1v) is 14.0. The first-order chi connectivity index (χ1) is 17.4. The standard InChI is InChI=1S/C29H46O9/c1-25(2,35)9-8-23(38-24(34)15-30)28(5,36)22-7-11-29(37)17-12-19(31)18-13-20(32)21(33)14-26(18,3)16(17)6-10-27(22,29)4/h12,16,18,20-23,30,32-33,35-37H,6-11,13-15H2,1-5H3. The summed E-state index contributed by atoms with van der Waals surface area (Å²) >= 11 is 0. The van der Waals surface area contributed by atoms with E-state index >= 15 is 0 Å². The Morgan fingerprint density at radius 3 is 2.37 bits per heavy atom. The van der Waals surface area contributed by atoms with Gasteiger partial charge in [0.1, 0.15) is 18.3 Å². The molecule has 4 aliphatic rings. The molecule has 6 N–H and O–H groups in total. The Balaban J connectivity index is 1.69. The summed E-state index contributed by atoms with van der Waals surface area (Å²) in [6.45, 7) is 7.93. The third kappa shape index (κ3) is 4.57. The molecule has 0 saturated heterocycles. The molecule has 0 heterocycles. The summed E-state index contributed by atoms with van der Waals surface area (Å²) in [6, 6.07) is 0. The van der Waals surface area contributed by atoms with E-state index in [9.17, 15) is 40.2 Å². The first kappa shape index (κ1) is 29.6. The van der Waals surface area contributed by atoms with Crippen LogP contribution in [0.1, 0.15) is 86.0 Å². The van der Waals surface area contributed by atoms with E-state index in [4.69, 9.17) is 4.74 Å². The fourth-order valence-corrected chi connectivity index (χ4v) is 8.68. The van der Waals surface area contributed by atoms with Crippen molar-refractivity contribution >= 4 is 11.8 Å². The molecular weight excluding hydrogens is 492 g/mol. The summed E-state index contributed by atoms with van der Waals surface area (Å²) in [5.74, 6) is -2.08. The highest BCUT2D eigenvalue weighted by molar-refractivity contribution is 5.95. The van der Waals surface area contributed by atoms with Gasteiger partial charge in [-0.05, 0) is 101 Å². The number of hydrogen-bond acceptors (Lipinski definition) is 9. The van der Waals surface area contributed by atoms with Gasteiger partial charge in [0.15, 0.2) is 5.78 Å². The minimum Gasteiger partial charge on any atom is -0.458 e. The average Bonchev–Trinajstić information content (AvgIpc) is 3.09. The Morgan fingerprint density at radius 1 is 1.11 bits per heavy atom. The van der Waals surface area contributed by atoms with E-state index in [0.29, 0.717) is 31.3 Å². The van der Waals surface area contributed by atoms with Crippen molar-refractivity contribution in [2.75, 3.05) is 6.61 Å². The third-order valence-corrected chi connectivity index (χ3v) is 10.9. The van der Waals surface area contributed by atoms with Crippen molar-refractivity contribution in [3.63, 3.8) is 0 Å². The molecule has 38 heavy (non-hydrogen) atoms. The highest BCUT2D eigenvalue weighted by Crippen LogP contribution is 2.68. The van der Waals surface area contributed by atoms with E-state index in [-0.39, 0.29) is 37.4 Å². The van der Waals surface area contributed by atoms with E-state index in [1.807, 2.05) is 13.8 Å². The lowest BCUT2D eigenvalue weighted by Gasteiger charge is -2.60. The van der Waals surface area contributed by atoms with Crippen LogP contribution >= 0.6 is 0 Å². The largest absolute Gasteiger partial charge is 0.458 e. The molecule has 3 fully saturated rings. The summed E-state index contributed by atoms with van der Waals surface area (Å²) in [5.41, 5.74) is -4.81. The van der Waals surface area contributed by atoms with Gasteiger partial charge in [-0.25, -0.2) is 4.79 Å². The normalized spacial score (nSPS) is 43.3. The number of aliphatic hydroxyl groups is 6. The van der Waals surface area contributed by atoms with E-state index in [0.717, 1.165) is 0 Å². The van der Waals surface area contributed by atoms with Crippen molar-refractivity contribution in [3.8, 4) is 0 Å². The fourth-order valence-electron chi connectivity index (χ4n) is 8.68. The molecule has 3 saturated carbocycles. The molecule has 10 unspecified atom stereocenters. The summed E-state index contributed by atoms with van der Waals surface area (Å²) in [6.07, 6.45) is 1.49. The van der Waals surface area contributed by atoms with Gasteiger partial charge in [0.25, 0.3) is 0 Å². The minimum atomic E-state index is -1.58. The van der Waals surface area contributed by atoms with E-state index in [1.165, 1.54) is 0 Å². The van der Waals surface area contributed by atoms with Crippen LogP contribution in [0.4, 0.5) is 0 Å². The van der Waals surface area contributed by atoms with Gasteiger partial charge in [0.05, 0.1) is 23.4 Å². The lowest BCUT2D eigenvalue weighted by atomic mass is 9.45. The van der Waals surface area contributed by atoms with E-state index in [1.54, 1.807) is 26.8 Å². The molecule has 0 aromatic heterocycles. The number of hydrogen-bond donors (Lipinski definition) is 6. The Bertz CT molecular complexity index is 983. The van der Waals surface area contributed by atoms with E-state index in [2.05, 4.69) is 0 Å². The van der Waals surface area contributed by atoms with Crippen LogP contribution in [0.15, 0.2) is 11.6 Å². The Kier molecular flexibility index (Phi) is 7.51. The summed E-state index contributed by atoms with van der Waals surface area (Å²) < 4.78 is 5.51. The van der Waals surface area contributed by atoms with Crippen LogP contribution in [-0.4, -0.2) is 84.1 Å². The van der Waals surface area contributed by atoms with Crippen LogP contribution in [0.25, 0.3) is 0 Å². The van der Waals surface area contributed by atoms with Crippen LogP contribution in [0.5, 0.6) is 0 Å². The molecular formula is C29H46O9. The number of rotatable bonds is 7. The molecule has 10 atom stereocenters. The summed E-state index contributed by atoms with van der Waals surface area (Å²) in [4.78, 5) is 25.5. The number of carbonyl (C=O) groups is 2. The molecule has 4 rings (SSSR count). The van der Waals surface area contributed by atoms with Crippen LogP contribution in [0.2, 0.25) is 0 Å². The highest BCUT2D eigenvalue weighted by Gasteiger charge is 2.69. The molecule has 9 nitrogen and oxygen atoms in total. The molecule has 0 aromatic rings. The van der Waals surface area contributed by atoms with Crippen molar-refractivity contribution in [3.05, 3.63) is 11.6 Å². The van der Waals surface area contributed by atoms with Gasteiger partial charge >= 0.3 is 5.97 Å². The second-order valence-electron chi connectivity index (χ2n) is 13.8. The molecule has 0 bridgehead atoms. The second kappa shape index (κ2) is 9.63. The zero-order valence-corrected chi connectivity index (χ0v) is 23.3. The minimum absolute atomic E-state index is 0.141. The number of esters is 1. The molecule has 0 spiro atoms. The smallest absolute Gasteiger partial charge is 0.332 e. The van der Waals surface area contributed by atoms with Crippen LogP contribution in [0.3, 0.4) is 0 Å². The van der Waals surface area contributed by atoms with Crippen LogP contribution in [0, 0.1) is 28.6 Å². The lowest BCUT2D eigenvalue weighted by molar-refractivity contribution is -0.195. The number of carbonyl (C=O) groups excluding carboxylic acids is 2. The highest BCUT2D eigenvalue weighted by atomic mass is 16.6. The Morgan fingerprint density at radius 2 is 1.76 bits per heavy atom. The van der Waals surface area contributed by atoms with Gasteiger partial charge in [0.2, 0.25) is 0 Å². The Labute approximate surface area is 224 Å². The van der Waals surface area contributed by atoms with Gasteiger partial charge in [0, 0.05) is 11.3 Å². The summed E-state index contributed by atoms with van der Waals surface area (Å²) in [5, 5.41) is 64.8. The van der Waals surface area contributed by atoms with Crippen molar-refractivity contribution in [1.82, 2.24) is 0 Å². The van der Waals surface area contributed by atoms with Crippen molar-refractivity contribution in [2.45, 2.75) is 121 Å². The predicted octanol–water partition coefficient (Wildman–Crippen LogP) is 1.40. The number of allylic oxidation sites excluding steroid dienone is 1. The van der Waals surface area contributed by atoms with Crippen LogP contribution in [-0.2, 0) is 14.3 Å². The molecule has 9 heteroatoms. The second-order valence-corrected chi connectivity index (χ2v) is 13.8. The van der Waals surface area contributed by atoms with Gasteiger partial charge in [-0.15, -0.1) is 0 Å². The number of aliphatic hydroxyl groups excluding tert-OH is 3. The zero-order chi connectivity index (χ0) is 28.5. The maximum absolute atomic E-state index is 13.4. The monoisotopic (exact) mass is 538 g/mol. The molecule has 0 amide bonds. The SMILES string of the molecule is CC(C)(O)CCC(OC(=O)CO)C(C)(O)C1CCC2(O)C3=CC(=O)C4CC(O)C(O)CC4(C)C3CCC12C. The maximum Gasteiger partial charge on any atom is 0.332 e. The van der Waals surface area contributed by atoms with Crippen molar-refractivity contribution in [2.24, 2.45) is 28.6 Å². The number of ketones is 1. The van der Waals surface area contributed by atoms with Crippen LogP contribution < -0.4 is 0 Å². The van der Waals surface area contributed by atoms with Crippen molar-refractivity contribution in [1.29, 1.82) is 0 Å². The quantitative estimate of drug-likeness (QED) is 0.263. The van der Waals surface area contributed by atoms with Crippen molar-refractivity contribution < 1.29 is 45.0 Å². The topological polar surface area (TPSA) is 165 Å². The number of ether oxygens (including phenoxy) is 1. The molecule has 0 aliphatic heterocycles. The van der Waals surface area contributed by atoms with Gasteiger partial charge in [-0.1, -0.05) is 13.8 Å². The molecule has 4 aliphatic carbocycles. The first-order valence-electron chi connectivity index (χ1n) is 14.0. The van der Waals surface area contributed by atoms with Gasteiger partial charge < -0.3 is 35.4 Å². The third-order valence-electron chi connectivity index (χ3n) is 10.9. The fraction of sp³-hybridized carbons (Fsp3) is 0.862. The molecule has 216 valence electrons. The van der Waals surface area contributed by atoms with Gasteiger partial charge in [-0.3, -0.25) is 4.79 Å². The maximum atomic E-state index is 13.4.